The molecule has 2 heterocycles. The number of nitrogens with zero attached hydrogens (tertiary/aromatic N) is 5. The Bertz CT molecular complexity index is 774. The van der Waals surface area contributed by atoms with Crippen LogP contribution >= 0.6 is 11.6 Å². The lowest BCUT2D eigenvalue weighted by atomic mass is 10.2. The Morgan fingerprint density at radius 3 is 2.86 bits per heavy atom. The minimum Gasteiger partial charge on any atom is -0.324 e. The molecule has 0 spiro atoms. The van der Waals surface area contributed by atoms with Gasteiger partial charge >= 0.3 is 0 Å². The maximum absolute atomic E-state index is 13.5. The molecular formula is C13H10ClFN6. The van der Waals surface area contributed by atoms with Gasteiger partial charge in [0.2, 0.25) is 17.2 Å². The van der Waals surface area contributed by atoms with E-state index in [1.807, 2.05) is 0 Å². The number of hydrogen-bond acceptors (Lipinski definition) is 5. The summed E-state index contributed by atoms with van der Waals surface area (Å²) in [5, 5.41) is 2.97. The van der Waals surface area contributed by atoms with E-state index in [1.54, 1.807) is 42.3 Å². The summed E-state index contributed by atoms with van der Waals surface area (Å²) in [6, 6.07) is 4.72. The van der Waals surface area contributed by atoms with Gasteiger partial charge in [-0.05, 0) is 30.7 Å². The summed E-state index contributed by atoms with van der Waals surface area (Å²) in [7, 11) is 0. The van der Waals surface area contributed by atoms with E-state index >= 15 is 0 Å². The molecule has 0 radical (unpaired) electrons. The molecule has 6 nitrogen and oxygen atoms in total. The van der Waals surface area contributed by atoms with Crippen LogP contribution in [0.15, 0.2) is 36.9 Å². The number of aromatic nitrogens is 5. The van der Waals surface area contributed by atoms with E-state index in [0.29, 0.717) is 17.2 Å². The smallest absolute Gasteiger partial charge is 0.241 e. The van der Waals surface area contributed by atoms with Crippen LogP contribution in [-0.2, 0) is 0 Å². The Labute approximate surface area is 124 Å². The average molecular weight is 305 g/mol. The van der Waals surface area contributed by atoms with Crippen LogP contribution < -0.4 is 5.32 Å². The van der Waals surface area contributed by atoms with Gasteiger partial charge in [-0.1, -0.05) is 6.07 Å². The lowest BCUT2D eigenvalue weighted by molar-refractivity contribution is 0.619. The number of anilines is 2. The van der Waals surface area contributed by atoms with Gasteiger partial charge in [-0.15, -0.1) is 0 Å². The molecule has 0 aliphatic rings. The zero-order chi connectivity index (χ0) is 14.8. The summed E-state index contributed by atoms with van der Waals surface area (Å²) in [5.41, 5.74) is 1.03. The van der Waals surface area contributed by atoms with E-state index in [9.17, 15) is 4.39 Å². The van der Waals surface area contributed by atoms with Crippen molar-refractivity contribution in [2.75, 3.05) is 5.32 Å². The van der Waals surface area contributed by atoms with Crippen molar-refractivity contribution in [1.82, 2.24) is 24.5 Å². The summed E-state index contributed by atoms with van der Waals surface area (Å²) < 4.78 is 15.1. The summed E-state index contributed by atoms with van der Waals surface area (Å²) in [4.78, 5) is 16.1. The lowest BCUT2D eigenvalue weighted by Gasteiger charge is -2.09. The Morgan fingerprint density at radius 1 is 1.24 bits per heavy atom. The normalized spacial score (nSPS) is 10.6. The Morgan fingerprint density at radius 2 is 2.10 bits per heavy atom. The zero-order valence-electron chi connectivity index (χ0n) is 11.0. The van der Waals surface area contributed by atoms with Gasteiger partial charge in [0.25, 0.3) is 0 Å². The van der Waals surface area contributed by atoms with E-state index in [4.69, 9.17) is 11.6 Å². The number of rotatable bonds is 3. The van der Waals surface area contributed by atoms with Gasteiger partial charge in [0, 0.05) is 23.6 Å². The first-order chi connectivity index (χ1) is 10.1. The van der Waals surface area contributed by atoms with Crippen molar-refractivity contribution in [3.8, 4) is 5.95 Å². The number of nitrogens with one attached hydrogen (secondary N) is 1. The van der Waals surface area contributed by atoms with E-state index < -0.39 is 0 Å². The second kappa shape index (κ2) is 5.45. The fourth-order valence-corrected chi connectivity index (χ4v) is 1.91. The third-order valence-electron chi connectivity index (χ3n) is 2.85. The maximum atomic E-state index is 13.5. The molecule has 3 aromatic rings. The monoisotopic (exact) mass is 304 g/mol. The molecule has 0 amide bonds. The Hall–Kier alpha value is -2.54. The molecular weight excluding hydrogens is 295 g/mol. The highest BCUT2D eigenvalue weighted by atomic mass is 35.5. The van der Waals surface area contributed by atoms with Gasteiger partial charge in [0.1, 0.15) is 12.1 Å². The first kappa shape index (κ1) is 13.4. The summed E-state index contributed by atoms with van der Waals surface area (Å²) in [6.07, 6.45) is 4.83. The predicted molar refractivity (Wildman–Crippen MR) is 76.4 cm³/mol. The number of hydrogen-bond donors (Lipinski definition) is 1. The number of imidazole rings is 1. The van der Waals surface area contributed by atoms with E-state index in [2.05, 4.69) is 25.3 Å². The van der Waals surface area contributed by atoms with Crippen LogP contribution in [0, 0.1) is 12.7 Å². The van der Waals surface area contributed by atoms with Crippen molar-refractivity contribution in [2.45, 2.75) is 6.92 Å². The second-order valence-corrected chi connectivity index (χ2v) is 4.57. The first-order valence-electron chi connectivity index (χ1n) is 6.05. The summed E-state index contributed by atoms with van der Waals surface area (Å²) >= 11 is 5.89. The van der Waals surface area contributed by atoms with Crippen LogP contribution in [0.25, 0.3) is 5.95 Å². The third-order valence-corrected chi connectivity index (χ3v) is 3.01. The van der Waals surface area contributed by atoms with Crippen molar-refractivity contribution in [1.29, 1.82) is 0 Å². The molecule has 0 saturated carbocycles. The van der Waals surface area contributed by atoms with Gasteiger partial charge in [0.15, 0.2) is 0 Å². The van der Waals surface area contributed by atoms with Gasteiger partial charge in [0.05, 0.1) is 0 Å². The van der Waals surface area contributed by atoms with Crippen LogP contribution in [0.5, 0.6) is 0 Å². The minimum atomic E-state index is -0.310. The van der Waals surface area contributed by atoms with Crippen molar-refractivity contribution in [3.63, 3.8) is 0 Å². The predicted octanol–water partition coefficient (Wildman–Crippen LogP) is 2.90. The van der Waals surface area contributed by atoms with E-state index in [-0.39, 0.29) is 17.0 Å². The molecule has 106 valence electrons. The third kappa shape index (κ3) is 2.82. The second-order valence-electron chi connectivity index (χ2n) is 4.24. The molecule has 2 aromatic heterocycles. The molecule has 8 heteroatoms. The van der Waals surface area contributed by atoms with Crippen molar-refractivity contribution in [3.05, 3.63) is 53.6 Å². The molecule has 0 bridgehead atoms. The van der Waals surface area contributed by atoms with Gasteiger partial charge in [-0.3, -0.25) is 4.57 Å². The number of halogens is 2. The van der Waals surface area contributed by atoms with Gasteiger partial charge in [-0.2, -0.15) is 15.0 Å². The van der Waals surface area contributed by atoms with Crippen LogP contribution in [-0.4, -0.2) is 24.5 Å². The molecule has 1 N–H and O–H groups in total. The van der Waals surface area contributed by atoms with Gasteiger partial charge < -0.3 is 5.32 Å². The number of benzene rings is 1. The van der Waals surface area contributed by atoms with Gasteiger partial charge in [-0.25, -0.2) is 9.37 Å². The molecule has 0 atom stereocenters. The summed E-state index contributed by atoms with van der Waals surface area (Å²) in [5.74, 6) is 0.242. The van der Waals surface area contributed by atoms with Crippen molar-refractivity contribution < 1.29 is 4.39 Å². The molecule has 21 heavy (non-hydrogen) atoms. The molecule has 0 aliphatic heterocycles. The highest BCUT2D eigenvalue weighted by Crippen LogP contribution is 2.21. The van der Waals surface area contributed by atoms with Crippen LogP contribution in [0.3, 0.4) is 0 Å². The minimum absolute atomic E-state index is 0.0326. The fraction of sp³-hybridized carbons (Fsp3) is 0.0769. The summed E-state index contributed by atoms with van der Waals surface area (Å²) in [6.45, 7) is 1.66. The van der Waals surface area contributed by atoms with E-state index in [1.165, 1.54) is 6.07 Å². The maximum Gasteiger partial charge on any atom is 0.241 e. The Kier molecular flexibility index (Phi) is 3.49. The molecule has 0 unspecified atom stereocenters. The quantitative estimate of drug-likeness (QED) is 0.806. The van der Waals surface area contributed by atoms with Crippen molar-refractivity contribution >= 4 is 23.2 Å². The van der Waals surface area contributed by atoms with Crippen LogP contribution in [0.1, 0.15) is 5.56 Å². The molecule has 0 saturated heterocycles. The SMILES string of the molecule is Cc1c(F)cccc1Nc1nc(Cl)nc(-n2ccnc2)n1. The molecule has 0 fully saturated rings. The van der Waals surface area contributed by atoms with Crippen LogP contribution in [0.4, 0.5) is 16.0 Å². The first-order valence-corrected chi connectivity index (χ1v) is 6.43. The zero-order valence-corrected chi connectivity index (χ0v) is 11.7. The average Bonchev–Trinajstić information content (AvgIpc) is 2.97. The van der Waals surface area contributed by atoms with Crippen molar-refractivity contribution in [2.24, 2.45) is 0 Å². The lowest BCUT2D eigenvalue weighted by Crippen LogP contribution is -2.06. The highest BCUT2D eigenvalue weighted by molar-refractivity contribution is 6.28. The highest BCUT2D eigenvalue weighted by Gasteiger charge is 2.09. The van der Waals surface area contributed by atoms with Crippen LogP contribution in [0.2, 0.25) is 5.28 Å². The molecule has 0 aliphatic carbocycles. The van der Waals surface area contributed by atoms with E-state index in [0.717, 1.165) is 0 Å². The largest absolute Gasteiger partial charge is 0.324 e. The molecule has 3 rings (SSSR count). The fourth-order valence-electron chi connectivity index (χ4n) is 1.75. The molecule has 1 aromatic carbocycles. The Balaban J connectivity index is 1.98. The topological polar surface area (TPSA) is 68.5 Å². The standard InChI is InChI=1S/C13H10ClFN6/c1-8-9(15)3-2-4-10(8)17-12-18-11(14)19-13(20-12)21-6-5-16-7-21/h2-7H,1H3,(H,17,18,19,20).